The number of hydrogen-bond donors (Lipinski definition) is 1. The first-order valence-electron chi connectivity index (χ1n) is 12.1. The molecule has 0 bridgehead atoms. The van der Waals surface area contributed by atoms with Gasteiger partial charge in [-0.05, 0) is 88.3 Å². The zero-order chi connectivity index (χ0) is 25.9. The topological polar surface area (TPSA) is 114 Å². The molecule has 1 N–H and O–H groups in total. The Morgan fingerprint density at radius 1 is 1.08 bits per heavy atom. The summed E-state index contributed by atoms with van der Waals surface area (Å²) in [6, 6.07) is 12.1. The van der Waals surface area contributed by atoms with Crippen molar-refractivity contribution in [1.29, 1.82) is 5.26 Å². The van der Waals surface area contributed by atoms with Gasteiger partial charge in [-0.1, -0.05) is 17.7 Å². The molecular weight excluding hydrogens is 478 g/mol. The van der Waals surface area contributed by atoms with Gasteiger partial charge in [0.15, 0.2) is 5.75 Å². The number of aromatic nitrogens is 2. The second-order valence-electron chi connectivity index (χ2n) is 9.39. The zero-order valence-electron chi connectivity index (χ0n) is 20.8. The maximum absolute atomic E-state index is 10.5. The van der Waals surface area contributed by atoms with Gasteiger partial charge in [0, 0.05) is 12.5 Å². The molecule has 0 spiro atoms. The number of aryl methyl sites for hydroxylation is 3. The number of benzene rings is 2. The van der Waals surface area contributed by atoms with Crippen LogP contribution in [-0.2, 0) is 14.9 Å². The lowest BCUT2D eigenvalue weighted by molar-refractivity contribution is -0.0397. The van der Waals surface area contributed by atoms with E-state index in [-0.39, 0.29) is 11.1 Å². The molecule has 190 valence electrons. The maximum atomic E-state index is 10.5. The summed E-state index contributed by atoms with van der Waals surface area (Å²) in [5, 5.41) is 14.0. The van der Waals surface area contributed by atoms with Gasteiger partial charge in [-0.15, -0.1) is 0 Å². The van der Waals surface area contributed by atoms with Crippen LogP contribution in [0, 0.1) is 32.1 Å². The quantitative estimate of drug-likeness (QED) is 0.421. The van der Waals surface area contributed by atoms with Crippen molar-refractivity contribution in [3.05, 3.63) is 70.5 Å². The van der Waals surface area contributed by atoms with Crippen LogP contribution in [0.5, 0.6) is 11.5 Å². The van der Waals surface area contributed by atoms with E-state index in [2.05, 4.69) is 6.07 Å². The van der Waals surface area contributed by atoms with Gasteiger partial charge in [-0.2, -0.15) is 18.8 Å². The van der Waals surface area contributed by atoms with E-state index in [1.165, 1.54) is 31.4 Å². The summed E-state index contributed by atoms with van der Waals surface area (Å²) in [5.41, 5.74) is 4.59. The fraction of sp³-hybridized carbons (Fsp3) is 0.407. The molecule has 1 aromatic heterocycles. The molecule has 1 unspecified atom stereocenters. The predicted octanol–water partition coefficient (Wildman–Crippen LogP) is 5.98. The highest BCUT2D eigenvalue weighted by Crippen LogP contribution is 2.45. The van der Waals surface area contributed by atoms with Gasteiger partial charge >= 0.3 is 0 Å². The van der Waals surface area contributed by atoms with Gasteiger partial charge in [0.2, 0.25) is 0 Å². The molecule has 9 heteroatoms. The highest BCUT2D eigenvalue weighted by molar-refractivity contribution is 7.85. The molecule has 2 fully saturated rings. The van der Waals surface area contributed by atoms with Crippen molar-refractivity contribution in [2.75, 3.05) is 6.61 Å². The second-order valence-corrected chi connectivity index (χ2v) is 10.8. The largest absolute Gasteiger partial charge is 0.454 e. The van der Waals surface area contributed by atoms with Crippen LogP contribution in [0.25, 0.3) is 0 Å². The first-order valence-corrected chi connectivity index (χ1v) is 13.5. The van der Waals surface area contributed by atoms with Crippen molar-refractivity contribution in [1.82, 2.24) is 9.78 Å². The summed E-state index contributed by atoms with van der Waals surface area (Å²) in [5.74, 6) is 2.08. The molecule has 0 amide bonds. The van der Waals surface area contributed by atoms with Crippen LogP contribution in [-0.4, -0.2) is 29.4 Å². The third-order valence-electron chi connectivity index (χ3n) is 6.30. The van der Waals surface area contributed by atoms with E-state index in [4.69, 9.17) is 19.1 Å². The predicted molar refractivity (Wildman–Crippen MR) is 135 cm³/mol. The molecule has 2 aliphatic rings. The Kier molecular flexibility index (Phi) is 7.79. The summed E-state index contributed by atoms with van der Waals surface area (Å²) >= 11 is 0. The summed E-state index contributed by atoms with van der Waals surface area (Å²) in [6.07, 6.45) is 7.64. The fourth-order valence-electron chi connectivity index (χ4n) is 4.18. The first-order chi connectivity index (χ1) is 17.2. The Bertz CT molecular complexity index is 1340. The van der Waals surface area contributed by atoms with Crippen molar-refractivity contribution < 1.29 is 22.4 Å². The molecule has 8 nitrogen and oxygen atoms in total. The Hall–Kier alpha value is -3.19. The van der Waals surface area contributed by atoms with Crippen molar-refractivity contribution >= 4 is 10.1 Å². The summed E-state index contributed by atoms with van der Waals surface area (Å²) < 4.78 is 43.5. The van der Waals surface area contributed by atoms with Crippen LogP contribution in [0.2, 0.25) is 0 Å². The second kappa shape index (κ2) is 10.8. The monoisotopic (exact) mass is 509 g/mol. The van der Waals surface area contributed by atoms with E-state index in [9.17, 15) is 13.7 Å². The molecule has 36 heavy (non-hydrogen) atoms. The van der Waals surface area contributed by atoms with Crippen molar-refractivity contribution in [2.24, 2.45) is 0 Å². The van der Waals surface area contributed by atoms with Gasteiger partial charge in [0.1, 0.15) is 17.7 Å². The maximum Gasteiger partial charge on any atom is 0.294 e. The Morgan fingerprint density at radius 2 is 1.75 bits per heavy atom. The van der Waals surface area contributed by atoms with Gasteiger partial charge in [-0.3, -0.25) is 4.55 Å². The van der Waals surface area contributed by atoms with Gasteiger partial charge in [0.05, 0.1) is 22.7 Å². The number of nitriles is 1. The molecule has 1 saturated carbocycles. The van der Waals surface area contributed by atoms with Gasteiger partial charge in [-0.25, -0.2) is 4.68 Å². The molecular formula is C27H31N3O5S. The third-order valence-corrected chi connectivity index (χ3v) is 7.17. The van der Waals surface area contributed by atoms with Crippen LogP contribution < -0.4 is 4.74 Å². The molecule has 1 aliphatic heterocycles. The molecule has 1 saturated heterocycles. The van der Waals surface area contributed by atoms with E-state index in [0.29, 0.717) is 5.92 Å². The molecule has 5 rings (SSSR count). The molecule has 3 aromatic rings. The zero-order valence-corrected chi connectivity index (χ0v) is 21.6. The van der Waals surface area contributed by atoms with Crippen LogP contribution >= 0.6 is 0 Å². The fourth-order valence-corrected chi connectivity index (χ4v) is 4.66. The first kappa shape index (κ1) is 25.9. The Balaban J connectivity index is 0.000000233. The highest BCUT2D eigenvalue weighted by Gasteiger charge is 2.32. The number of hydrogen-bond acceptors (Lipinski definition) is 6. The van der Waals surface area contributed by atoms with Crippen molar-refractivity contribution in [3.63, 3.8) is 0 Å². The van der Waals surface area contributed by atoms with Crippen LogP contribution in [0.1, 0.15) is 72.2 Å². The van der Waals surface area contributed by atoms with Crippen LogP contribution in [0.3, 0.4) is 0 Å². The van der Waals surface area contributed by atoms with Gasteiger partial charge in [0.25, 0.3) is 10.1 Å². The minimum absolute atomic E-state index is 0.0213. The van der Waals surface area contributed by atoms with Crippen LogP contribution in [0.4, 0.5) is 0 Å². The lowest BCUT2D eigenvalue weighted by Crippen LogP contribution is -2.18. The molecule has 2 heterocycles. The standard InChI is InChI=1S/C20H23N3O2.C7H8O3S/c1-13-9-16(10-14(2)17(13)11-21)25-18-12-23(19-5-3-4-8-24-19)22-20(18)15-6-7-15;1-6-2-4-7(5-3-6)11(8,9)10/h9-10,12,15,19H,3-8H2,1-2H3;2-5H,1H3,(H,8,9,10). The van der Waals surface area contributed by atoms with Crippen LogP contribution in [0.15, 0.2) is 47.5 Å². The average Bonchev–Trinajstić information content (AvgIpc) is 3.60. The SMILES string of the molecule is Cc1cc(Oc2cn(C3CCCCO3)nc2C2CC2)cc(C)c1C#N.Cc1ccc(S(=O)(=O)O)cc1. The van der Waals surface area contributed by atoms with Gasteiger partial charge < -0.3 is 9.47 Å². The molecule has 0 radical (unpaired) electrons. The number of rotatable bonds is 5. The lowest BCUT2D eigenvalue weighted by atomic mass is 10.0. The summed E-state index contributed by atoms with van der Waals surface area (Å²) in [7, 11) is -4.02. The smallest absolute Gasteiger partial charge is 0.294 e. The molecule has 1 aliphatic carbocycles. The molecule has 2 aromatic carbocycles. The highest BCUT2D eigenvalue weighted by atomic mass is 32.2. The average molecular weight is 510 g/mol. The van der Waals surface area contributed by atoms with E-state index in [1.54, 1.807) is 12.1 Å². The number of ether oxygens (including phenoxy) is 2. The molecule has 1 atom stereocenters. The van der Waals surface area contributed by atoms with E-state index in [1.807, 2.05) is 43.8 Å². The summed E-state index contributed by atoms with van der Waals surface area (Å²) in [4.78, 5) is -0.0666. The third kappa shape index (κ3) is 6.32. The Labute approximate surface area is 212 Å². The normalized spacial score (nSPS) is 17.6. The van der Waals surface area contributed by atoms with E-state index >= 15 is 0 Å². The minimum Gasteiger partial charge on any atom is -0.454 e. The van der Waals surface area contributed by atoms with Crippen molar-refractivity contribution in [3.8, 4) is 17.6 Å². The van der Waals surface area contributed by atoms with Crippen molar-refractivity contribution in [2.45, 2.75) is 69.9 Å². The van der Waals surface area contributed by atoms with E-state index < -0.39 is 10.1 Å². The minimum atomic E-state index is -4.02. The Morgan fingerprint density at radius 3 is 2.28 bits per heavy atom. The summed E-state index contributed by atoms with van der Waals surface area (Å²) in [6.45, 7) is 6.53. The number of nitrogens with zero attached hydrogens (tertiary/aromatic N) is 3. The lowest BCUT2D eigenvalue weighted by Gasteiger charge is -2.22. The van der Waals surface area contributed by atoms with E-state index in [0.717, 1.165) is 58.9 Å².